The van der Waals surface area contributed by atoms with Crippen molar-refractivity contribution < 1.29 is 19.1 Å². The quantitative estimate of drug-likeness (QED) is 0.561. The molecule has 10 heteroatoms. The van der Waals surface area contributed by atoms with Crippen LogP contribution in [0.1, 0.15) is 30.3 Å². The minimum absolute atomic E-state index is 0.114. The van der Waals surface area contributed by atoms with E-state index < -0.39 is 17.6 Å². The van der Waals surface area contributed by atoms with E-state index in [1.54, 1.807) is 19.1 Å². The van der Waals surface area contributed by atoms with Crippen molar-refractivity contribution >= 4 is 23.0 Å². The van der Waals surface area contributed by atoms with Crippen LogP contribution >= 0.6 is 0 Å². The molecule has 0 bridgehead atoms. The summed E-state index contributed by atoms with van der Waals surface area (Å²) in [7, 11) is 0. The second-order valence-electron chi connectivity index (χ2n) is 7.22. The Morgan fingerprint density at radius 2 is 2.00 bits per heavy atom. The number of aromatic nitrogens is 4. The molecular formula is C21H23N5O5. The molecular weight excluding hydrogens is 402 g/mol. The molecule has 1 aliphatic rings. The highest BCUT2D eigenvalue weighted by Crippen LogP contribution is 2.23. The Labute approximate surface area is 177 Å². The monoisotopic (exact) mass is 425 g/mol. The van der Waals surface area contributed by atoms with Crippen LogP contribution in [0, 0.1) is 0 Å². The zero-order chi connectivity index (χ0) is 22.0. The molecule has 2 aromatic heterocycles. The van der Waals surface area contributed by atoms with Gasteiger partial charge in [0.05, 0.1) is 19.3 Å². The predicted molar refractivity (Wildman–Crippen MR) is 111 cm³/mol. The van der Waals surface area contributed by atoms with Gasteiger partial charge in [-0.25, -0.2) is 14.8 Å². The van der Waals surface area contributed by atoms with Gasteiger partial charge >= 0.3 is 11.7 Å². The topological polar surface area (TPSA) is 131 Å². The van der Waals surface area contributed by atoms with Crippen LogP contribution in [-0.4, -0.2) is 50.3 Å². The molecule has 1 amide bonds. The van der Waals surface area contributed by atoms with Crippen molar-refractivity contribution in [1.29, 1.82) is 0 Å². The van der Waals surface area contributed by atoms with Gasteiger partial charge in [0.25, 0.3) is 5.91 Å². The zero-order valence-corrected chi connectivity index (χ0v) is 17.1. The molecule has 4 rings (SSSR count). The molecule has 162 valence electrons. The fourth-order valence-electron chi connectivity index (χ4n) is 3.74. The smallest absolute Gasteiger partial charge is 0.331 e. The molecule has 3 aromatic rings. The molecule has 31 heavy (non-hydrogen) atoms. The third-order valence-corrected chi connectivity index (χ3v) is 5.12. The highest BCUT2D eigenvalue weighted by molar-refractivity contribution is 6.02. The molecule has 1 saturated heterocycles. The first-order chi connectivity index (χ1) is 15.0. The lowest BCUT2D eigenvalue weighted by Gasteiger charge is -2.10. The van der Waals surface area contributed by atoms with Crippen molar-refractivity contribution in [2.75, 3.05) is 13.2 Å². The number of carbonyl (C=O) groups is 2. The van der Waals surface area contributed by atoms with E-state index in [0.717, 1.165) is 17.4 Å². The number of nitrogens with zero attached hydrogens (tertiary/aromatic N) is 4. The summed E-state index contributed by atoms with van der Waals surface area (Å²) in [6, 6.07) is 9.07. The van der Waals surface area contributed by atoms with Gasteiger partial charge in [0.2, 0.25) is 0 Å². The van der Waals surface area contributed by atoms with Crippen molar-refractivity contribution in [3.63, 3.8) is 0 Å². The van der Waals surface area contributed by atoms with Crippen LogP contribution in [0.15, 0.2) is 35.1 Å². The summed E-state index contributed by atoms with van der Waals surface area (Å²) < 4.78 is 13.3. The molecule has 1 aromatic carbocycles. The van der Waals surface area contributed by atoms with Crippen LogP contribution in [0.3, 0.4) is 0 Å². The molecule has 0 radical (unpaired) electrons. The molecule has 10 nitrogen and oxygen atoms in total. The molecule has 1 atom stereocenters. The van der Waals surface area contributed by atoms with Crippen LogP contribution in [-0.2, 0) is 27.4 Å². The first kappa shape index (κ1) is 20.7. The van der Waals surface area contributed by atoms with Gasteiger partial charge in [-0.2, -0.15) is 0 Å². The SMILES string of the molecule is CCOC(=O)Cn1c(=O)n(CC2CCCO2)c2nc(-c3ccccc3)nc(C(N)=O)c21. The summed E-state index contributed by atoms with van der Waals surface area (Å²) in [5.41, 5.74) is 6.00. The Kier molecular flexibility index (Phi) is 5.81. The van der Waals surface area contributed by atoms with E-state index in [0.29, 0.717) is 12.2 Å². The van der Waals surface area contributed by atoms with Crippen molar-refractivity contribution in [2.45, 2.75) is 39.0 Å². The minimum atomic E-state index is -0.823. The van der Waals surface area contributed by atoms with E-state index in [2.05, 4.69) is 9.97 Å². The van der Waals surface area contributed by atoms with Gasteiger partial charge in [0.1, 0.15) is 12.1 Å². The summed E-state index contributed by atoms with van der Waals surface area (Å²) in [6.07, 6.45) is 1.54. The maximum absolute atomic E-state index is 13.3. The molecule has 1 unspecified atom stereocenters. The standard InChI is InChI=1S/C21H23N5O5/c1-2-30-15(27)12-25-17-16(18(22)28)23-19(13-7-4-3-5-8-13)24-20(17)26(21(25)29)11-14-9-6-10-31-14/h3-5,7-8,14H,2,6,9-12H2,1H3,(H2,22,28). The Morgan fingerprint density at radius 1 is 1.23 bits per heavy atom. The van der Waals surface area contributed by atoms with Gasteiger partial charge in [0, 0.05) is 12.2 Å². The summed E-state index contributed by atoms with van der Waals surface area (Å²) >= 11 is 0. The number of primary amides is 1. The summed E-state index contributed by atoms with van der Waals surface area (Å²) in [5.74, 6) is -1.17. The molecule has 2 N–H and O–H groups in total. The average Bonchev–Trinajstić information content (AvgIpc) is 3.37. The van der Waals surface area contributed by atoms with E-state index in [4.69, 9.17) is 15.2 Å². The summed E-state index contributed by atoms with van der Waals surface area (Å²) in [6.45, 7) is 2.33. The largest absolute Gasteiger partial charge is 0.465 e. The van der Waals surface area contributed by atoms with Crippen LogP contribution < -0.4 is 11.4 Å². The summed E-state index contributed by atoms with van der Waals surface area (Å²) in [4.78, 5) is 46.6. The van der Waals surface area contributed by atoms with Gasteiger partial charge < -0.3 is 15.2 Å². The number of ether oxygens (including phenoxy) is 2. The number of nitrogens with two attached hydrogens (primary N) is 1. The fourth-order valence-corrected chi connectivity index (χ4v) is 3.74. The van der Waals surface area contributed by atoms with Crippen molar-refractivity contribution in [2.24, 2.45) is 5.73 Å². The van der Waals surface area contributed by atoms with Gasteiger partial charge in [0.15, 0.2) is 17.2 Å². The molecule has 1 fully saturated rings. The number of amides is 1. The van der Waals surface area contributed by atoms with Crippen LogP contribution in [0.5, 0.6) is 0 Å². The minimum Gasteiger partial charge on any atom is -0.465 e. The number of benzene rings is 1. The first-order valence-corrected chi connectivity index (χ1v) is 10.1. The molecule has 0 aliphatic carbocycles. The lowest BCUT2D eigenvalue weighted by atomic mass is 10.2. The maximum Gasteiger partial charge on any atom is 0.331 e. The van der Waals surface area contributed by atoms with Crippen molar-refractivity contribution in [1.82, 2.24) is 19.1 Å². The van der Waals surface area contributed by atoms with Gasteiger partial charge in [-0.1, -0.05) is 30.3 Å². The Balaban J connectivity index is 1.96. The third-order valence-electron chi connectivity index (χ3n) is 5.12. The van der Waals surface area contributed by atoms with Crippen LogP contribution in [0.4, 0.5) is 0 Å². The fraction of sp³-hybridized carbons (Fsp3) is 0.381. The van der Waals surface area contributed by atoms with E-state index in [-0.39, 0.29) is 48.5 Å². The molecule has 0 spiro atoms. The summed E-state index contributed by atoms with van der Waals surface area (Å²) in [5, 5.41) is 0. The van der Waals surface area contributed by atoms with Crippen molar-refractivity contribution in [3.05, 3.63) is 46.5 Å². The number of fused-ring (bicyclic) bond motifs is 1. The Bertz CT molecular complexity index is 1180. The lowest BCUT2D eigenvalue weighted by Crippen LogP contribution is -2.31. The Hall–Kier alpha value is -3.53. The number of esters is 1. The second-order valence-corrected chi connectivity index (χ2v) is 7.22. The van der Waals surface area contributed by atoms with E-state index in [1.807, 2.05) is 18.2 Å². The van der Waals surface area contributed by atoms with E-state index >= 15 is 0 Å². The second kappa shape index (κ2) is 8.68. The number of hydrogen-bond acceptors (Lipinski definition) is 7. The first-order valence-electron chi connectivity index (χ1n) is 10.1. The van der Waals surface area contributed by atoms with Crippen molar-refractivity contribution in [3.8, 4) is 11.4 Å². The Morgan fingerprint density at radius 3 is 2.65 bits per heavy atom. The van der Waals surface area contributed by atoms with E-state index in [1.165, 1.54) is 4.57 Å². The number of carbonyl (C=O) groups excluding carboxylic acids is 2. The van der Waals surface area contributed by atoms with Gasteiger partial charge in [-0.05, 0) is 19.8 Å². The maximum atomic E-state index is 13.3. The normalized spacial score (nSPS) is 16.0. The molecule has 3 heterocycles. The predicted octanol–water partition coefficient (Wildman–Crippen LogP) is 1.10. The third kappa shape index (κ3) is 4.06. The zero-order valence-electron chi connectivity index (χ0n) is 17.1. The lowest BCUT2D eigenvalue weighted by molar-refractivity contribution is -0.143. The van der Waals surface area contributed by atoms with Crippen LogP contribution in [0.2, 0.25) is 0 Å². The number of hydrogen-bond donors (Lipinski definition) is 1. The molecule has 1 aliphatic heterocycles. The van der Waals surface area contributed by atoms with Crippen LogP contribution in [0.25, 0.3) is 22.6 Å². The van der Waals surface area contributed by atoms with E-state index in [9.17, 15) is 14.4 Å². The number of imidazole rings is 1. The molecule has 0 saturated carbocycles. The highest BCUT2D eigenvalue weighted by Gasteiger charge is 2.27. The van der Waals surface area contributed by atoms with Gasteiger partial charge in [-0.15, -0.1) is 0 Å². The number of rotatable bonds is 7. The average molecular weight is 425 g/mol. The highest BCUT2D eigenvalue weighted by atomic mass is 16.5. The van der Waals surface area contributed by atoms with Gasteiger partial charge in [-0.3, -0.25) is 18.7 Å².